The van der Waals surface area contributed by atoms with Gasteiger partial charge in [-0.1, -0.05) is 5.21 Å². The number of hydrogen-bond donors (Lipinski definition) is 1. The maximum atomic E-state index is 14.8. The molecule has 5 rings (SSSR count). The largest absolute Gasteiger partial charge is 0.438 e. The van der Waals surface area contributed by atoms with Crippen molar-refractivity contribution in [2.75, 3.05) is 49.3 Å². The number of amides is 1. The molecular formula is C20H24FN5O4. The van der Waals surface area contributed by atoms with E-state index in [1.165, 1.54) is 11.0 Å². The molecule has 1 amide bonds. The van der Waals surface area contributed by atoms with Crippen LogP contribution in [0, 0.1) is 5.82 Å². The lowest BCUT2D eigenvalue weighted by Crippen LogP contribution is -2.36. The Labute approximate surface area is 173 Å². The number of aromatic nitrogens is 3. The molecule has 0 bridgehead atoms. The normalized spacial score (nSPS) is 25.8. The van der Waals surface area contributed by atoms with E-state index in [4.69, 9.17) is 14.6 Å². The Morgan fingerprint density at radius 2 is 2.13 bits per heavy atom. The van der Waals surface area contributed by atoms with Crippen LogP contribution in [0.4, 0.5) is 20.6 Å². The minimum atomic E-state index is -0.654. The molecule has 1 saturated carbocycles. The molecule has 1 unspecified atom stereocenters. The van der Waals surface area contributed by atoms with Crippen molar-refractivity contribution in [1.29, 1.82) is 0 Å². The number of aliphatic hydroxyl groups is 1. The zero-order chi connectivity index (χ0) is 20.7. The lowest BCUT2D eigenvalue weighted by atomic mass is 10.2. The number of aliphatic hydroxyl groups excluding tert-OH is 1. The molecule has 9 nitrogen and oxygen atoms in total. The molecule has 1 aromatic carbocycles. The van der Waals surface area contributed by atoms with Crippen LogP contribution in [0.5, 0.6) is 0 Å². The fraction of sp³-hybridized carbons (Fsp3) is 0.550. The van der Waals surface area contributed by atoms with Gasteiger partial charge in [-0.2, -0.15) is 0 Å². The molecular weight excluding hydrogens is 393 g/mol. The number of benzene rings is 1. The van der Waals surface area contributed by atoms with Gasteiger partial charge in [0.05, 0.1) is 42.9 Å². The smallest absolute Gasteiger partial charge is 0.415 e. The highest BCUT2D eigenvalue weighted by Crippen LogP contribution is 2.54. The molecule has 1 aromatic heterocycles. The molecule has 2 atom stereocenters. The van der Waals surface area contributed by atoms with Gasteiger partial charge in [0.25, 0.3) is 0 Å². The van der Waals surface area contributed by atoms with Gasteiger partial charge in [0.1, 0.15) is 5.82 Å². The molecule has 3 fully saturated rings. The zero-order valence-electron chi connectivity index (χ0n) is 16.5. The summed E-state index contributed by atoms with van der Waals surface area (Å²) in [5, 5.41) is 17.2. The summed E-state index contributed by atoms with van der Waals surface area (Å²) in [5.74, 6) is -0.361. The highest BCUT2D eigenvalue weighted by molar-refractivity contribution is 5.91. The van der Waals surface area contributed by atoms with Gasteiger partial charge < -0.3 is 19.5 Å². The standard InChI is InChI=1S/C20H24FN5O4/c21-16-10-15(3-4-17(16)24-5-8-29-9-6-24)25-13-20(30-19(25)28)11-18(20)26-12-14(22-23-26)2-1-7-27/h3-4,10,12,18,27H,1-2,5-9,11,13H2/t18-,20?/m0/s1. The summed E-state index contributed by atoms with van der Waals surface area (Å²) >= 11 is 0. The molecule has 160 valence electrons. The number of ether oxygens (including phenoxy) is 2. The summed E-state index contributed by atoms with van der Waals surface area (Å²) in [7, 11) is 0. The van der Waals surface area contributed by atoms with Crippen molar-refractivity contribution in [3.63, 3.8) is 0 Å². The molecule has 3 aliphatic rings. The first-order valence-electron chi connectivity index (χ1n) is 10.2. The van der Waals surface area contributed by atoms with Crippen LogP contribution in [0.2, 0.25) is 0 Å². The van der Waals surface area contributed by atoms with Crippen LogP contribution in [0.3, 0.4) is 0 Å². The van der Waals surface area contributed by atoms with E-state index in [0.29, 0.717) is 63.5 Å². The number of morpholine rings is 1. The van der Waals surface area contributed by atoms with Crippen molar-refractivity contribution in [3.05, 3.63) is 35.9 Å². The number of rotatable bonds is 6. The van der Waals surface area contributed by atoms with E-state index in [1.807, 2.05) is 11.1 Å². The minimum Gasteiger partial charge on any atom is -0.438 e. The Kier molecular flexibility index (Phi) is 4.82. The first kappa shape index (κ1) is 19.3. The van der Waals surface area contributed by atoms with Gasteiger partial charge in [0.15, 0.2) is 5.60 Å². The van der Waals surface area contributed by atoms with Crippen molar-refractivity contribution in [3.8, 4) is 0 Å². The van der Waals surface area contributed by atoms with Crippen molar-refractivity contribution in [2.45, 2.75) is 30.9 Å². The predicted molar refractivity (Wildman–Crippen MR) is 105 cm³/mol. The molecule has 1 N–H and O–H groups in total. The van der Waals surface area contributed by atoms with Gasteiger partial charge in [0, 0.05) is 32.3 Å². The van der Waals surface area contributed by atoms with Crippen LogP contribution < -0.4 is 9.80 Å². The minimum absolute atomic E-state index is 0.0840. The number of carbonyl (C=O) groups excluding carboxylic acids is 1. The third-order valence-electron chi connectivity index (χ3n) is 5.99. The summed E-state index contributed by atoms with van der Waals surface area (Å²) in [6.07, 6.45) is 3.28. The number of carbonyl (C=O) groups is 1. The van der Waals surface area contributed by atoms with Gasteiger partial charge in [-0.15, -0.1) is 5.10 Å². The van der Waals surface area contributed by atoms with Crippen LogP contribution >= 0.6 is 0 Å². The molecule has 3 heterocycles. The Morgan fingerprint density at radius 3 is 2.90 bits per heavy atom. The third kappa shape index (κ3) is 3.39. The Balaban J connectivity index is 1.29. The van der Waals surface area contributed by atoms with Crippen molar-refractivity contribution < 1.29 is 23.8 Å². The fourth-order valence-electron chi connectivity index (χ4n) is 4.24. The van der Waals surface area contributed by atoms with E-state index in [2.05, 4.69) is 10.3 Å². The number of hydrogen-bond acceptors (Lipinski definition) is 7. The van der Waals surface area contributed by atoms with E-state index in [0.717, 1.165) is 5.69 Å². The van der Waals surface area contributed by atoms with Gasteiger partial charge in [-0.25, -0.2) is 13.9 Å². The zero-order valence-corrected chi connectivity index (χ0v) is 16.5. The first-order valence-corrected chi connectivity index (χ1v) is 10.2. The molecule has 30 heavy (non-hydrogen) atoms. The van der Waals surface area contributed by atoms with Gasteiger partial charge >= 0.3 is 6.09 Å². The van der Waals surface area contributed by atoms with E-state index in [1.54, 1.807) is 16.8 Å². The fourth-order valence-corrected chi connectivity index (χ4v) is 4.24. The van der Waals surface area contributed by atoms with Crippen molar-refractivity contribution >= 4 is 17.5 Å². The number of nitrogens with zero attached hydrogens (tertiary/aromatic N) is 5. The van der Waals surface area contributed by atoms with Crippen LogP contribution in [0.25, 0.3) is 0 Å². The maximum absolute atomic E-state index is 14.8. The molecule has 0 radical (unpaired) electrons. The Bertz CT molecular complexity index is 947. The Hall–Kier alpha value is -2.72. The van der Waals surface area contributed by atoms with E-state index in [-0.39, 0.29) is 18.5 Å². The van der Waals surface area contributed by atoms with Gasteiger partial charge in [0.2, 0.25) is 0 Å². The maximum Gasteiger partial charge on any atom is 0.415 e. The van der Waals surface area contributed by atoms with Crippen LogP contribution in [-0.4, -0.2) is 71.2 Å². The van der Waals surface area contributed by atoms with Gasteiger partial charge in [-0.3, -0.25) is 4.90 Å². The molecule has 2 aromatic rings. The summed E-state index contributed by atoms with van der Waals surface area (Å²) in [6, 6.07) is 4.78. The Morgan fingerprint density at radius 1 is 1.30 bits per heavy atom. The monoisotopic (exact) mass is 417 g/mol. The lowest BCUT2D eigenvalue weighted by molar-refractivity contribution is 0.118. The van der Waals surface area contributed by atoms with E-state index >= 15 is 0 Å². The molecule has 2 aliphatic heterocycles. The topological polar surface area (TPSA) is 92.9 Å². The highest BCUT2D eigenvalue weighted by atomic mass is 19.1. The van der Waals surface area contributed by atoms with E-state index in [9.17, 15) is 9.18 Å². The van der Waals surface area contributed by atoms with Crippen molar-refractivity contribution in [2.24, 2.45) is 0 Å². The second-order valence-electron chi connectivity index (χ2n) is 7.99. The first-order chi connectivity index (χ1) is 14.6. The quantitative estimate of drug-likeness (QED) is 0.762. The van der Waals surface area contributed by atoms with Crippen molar-refractivity contribution in [1.82, 2.24) is 15.0 Å². The molecule has 1 spiro atoms. The summed E-state index contributed by atoms with van der Waals surface area (Å²) < 4.78 is 27.5. The van der Waals surface area contributed by atoms with Crippen LogP contribution in [-0.2, 0) is 15.9 Å². The van der Waals surface area contributed by atoms with Crippen LogP contribution in [0.1, 0.15) is 24.6 Å². The lowest BCUT2D eigenvalue weighted by Gasteiger charge is -2.29. The third-order valence-corrected chi connectivity index (χ3v) is 5.99. The number of anilines is 2. The molecule has 2 saturated heterocycles. The van der Waals surface area contributed by atoms with E-state index < -0.39 is 11.7 Å². The second kappa shape index (κ2) is 7.51. The number of aryl methyl sites for hydroxylation is 1. The highest BCUT2D eigenvalue weighted by Gasteiger charge is 2.65. The average Bonchev–Trinajstić information content (AvgIpc) is 3.08. The summed E-state index contributed by atoms with van der Waals surface area (Å²) in [5.41, 5.74) is 1.15. The van der Waals surface area contributed by atoms with Gasteiger partial charge in [-0.05, 0) is 31.0 Å². The molecule has 10 heteroatoms. The SMILES string of the molecule is O=C1OC2(C[C@@H]2n2cc(CCCO)nn2)CN1c1ccc(N2CCOCC2)c(F)c1. The second-order valence-corrected chi connectivity index (χ2v) is 7.99. The average molecular weight is 417 g/mol. The molecule has 1 aliphatic carbocycles. The van der Waals surface area contributed by atoms with Crippen LogP contribution in [0.15, 0.2) is 24.4 Å². The number of halogens is 1. The summed E-state index contributed by atoms with van der Waals surface area (Å²) in [6.45, 7) is 2.89. The predicted octanol–water partition coefficient (Wildman–Crippen LogP) is 1.52. The summed E-state index contributed by atoms with van der Waals surface area (Å²) in [4.78, 5) is 16.0.